The third kappa shape index (κ3) is 7.41. The number of benzene rings is 10. The lowest BCUT2D eigenvalue weighted by molar-refractivity contribution is 0.668. The Morgan fingerprint density at radius 1 is 0.452 bits per heavy atom. The van der Waals surface area contributed by atoms with E-state index in [4.69, 9.17) is 9.40 Å². The molecule has 0 aliphatic heterocycles. The lowest BCUT2D eigenvalue weighted by Crippen LogP contribution is -1.98. The van der Waals surface area contributed by atoms with Crippen LogP contribution in [0.4, 0.5) is 0 Å². The van der Waals surface area contributed by atoms with E-state index in [0.29, 0.717) is 0 Å². The number of fused-ring (bicyclic) bond motifs is 9. The topological polar surface area (TPSA) is 31.0 Å². The summed E-state index contributed by atoms with van der Waals surface area (Å²) in [5.74, 6) is 0.0454. The van der Waals surface area contributed by atoms with E-state index in [9.17, 15) is 0 Å². The first-order valence-corrected chi connectivity index (χ1v) is 25.1. The van der Waals surface area contributed by atoms with E-state index in [2.05, 4.69) is 265 Å². The van der Waals surface area contributed by atoms with Gasteiger partial charge in [-0.2, -0.15) is 0 Å². The number of nitrogens with zero attached hydrogens (tertiary/aromatic N) is 2. The second-order valence-electron chi connectivity index (χ2n) is 19.0. The Balaban J connectivity index is 1.08. The number of allylic oxidation sites excluding steroid dienone is 7. The van der Waals surface area contributed by atoms with E-state index in [0.717, 1.165) is 77.8 Å². The zero-order valence-corrected chi connectivity index (χ0v) is 39.9. The van der Waals surface area contributed by atoms with Crippen molar-refractivity contribution >= 4 is 93.3 Å². The van der Waals surface area contributed by atoms with Gasteiger partial charge in [0.15, 0.2) is 0 Å². The number of furan rings is 1. The zero-order valence-electron chi connectivity index (χ0n) is 39.9. The van der Waals surface area contributed by atoms with Crippen molar-refractivity contribution in [1.29, 1.82) is 0 Å². The summed E-state index contributed by atoms with van der Waals surface area (Å²) < 4.78 is 9.76. The van der Waals surface area contributed by atoms with Crippen LogP contribution < -0.4 is 0 Å². The fourth-order valence-electron chi connectivity index (χ4n) is 11.3. The van der Waals surface area contributed by atoms with Gasteiger partial charge < -0.3 is 8.98 Å². The highest BCUT2D eigenvalue weighted by molar-refractivity contribution is 6.18. The van der Waals surface area contributed by atoms with Crippen LogP contribution in [0.15, 0.2) is 272 Å². The molecule has 0 spiro atoms. The molecular formula is C70H46N2O. The van der Waals surface area contributed by atoms with Gasteiger partial charge in [0.05, 0.1) is 22.4 Å². The highest BCUT2D eigenvalue weighted by Crippen LogP contribution is 2.46. The Morgan fingerprint density at radius 3 is 1.99 bits per heavy atom. The molecule has 0 radical (unpaired) electrons. The van der Waals surface area contributed by atoms with Crippen LogP contribution in [-0.4, -0.2) is 9.55 Å². The molecule has 3 nitrogen and oxygen atoms in total. The molecule has 73 heavy (non-hydrogen) atoms. The standard InChI is InChI=1S/C70H46N2O/c1-2-4-19-46(18-3-1)40-61(58-31-15-24-48-21-7-9-27-55(48)58)53-42-63(62(45-54-26-13-14-39-71-54)51-36-35-47-20-5-6-23-50(47)41-51)70-64(43-53)69-57(30-17-34-68(69)73-70)52-37-38-60-59-29-11-12-32-66(59)72(67(60)44-52)65-33-16-25-49-22-8-10-28-56(49)65/h1-46H/b61-40-,62-45-. The molecule has 3 heterocycles. The Labute approximate surface area is 422 Å². The monoisotopic (exact) mass is 930 g/mol. The van der Waals surface area contributed by atoms with Crippen molar-refractivity contribution in [2.45, 2.75) is 0 Å². The molecule has 14 rings (SSSR count). The summed E-state index contributed by atoms with van der Waals surface area (Å²) in [5.41, 5.74) is 14.7. The van der Waals surface area contributed by atoms with Crippen LogP contribution in [0, 0.1) is 5.92 Å². The average molecular weight is 931 g/mol. The number of para-hydroxylation sites is 1. The summed E-state index contributed by atoms with van der Waals surface area (Å²) in [5, 5.41) is 11.7. The quantitative estimate of drug-likeness (QED) is 0.152. The third-order valence-corrected chi connectivity index (χ3v) is 14.7. The Morgan fingerprint density at radius 2 is 1.15 bits per heavy atom. The van der Waals surface area contributed by atoms with E-state index in [1.807, 2.05) is 12.3 Å². The van der Waals surface area contributed by atoms with E-state index >= 15 is 0 Å². The molecule has 3 heteroatoms. The highest BCUT2D eigenvalue weighted by atomic mass is 16.3. The van der Waals surface area contributed by atoms with Gasteiger partial charge in [-0.15, -0.1) is 0 Å². The lowest BCUT2D eigenvalue weighted by Gasteiger charge is -2.17. The Bertz CT molecular complexity index is 4470. The van der Waals surface area contributed by atoms with Crippen LogP contribution in [-0.2, 0) is 0 Å². The fourth-order valence-corrected chi connectivity index (χ4v) is 11.3. The molecule has 0 N–H and O–H groups in total. The van der Waals surface area contributed by atoms with Gasteiger partial charge in [-0.05, 0) is 127 Å². The molecule has 13 aromatic rings. The van der Waals surface area contributed by atoms with Gasteiger partial charge >= 0.3 is 0 Å². The molecule has 0 unspecified atom stereocenters. The van der Waals surface area contributed by atoms with Crippen molar-refractivity contribution in [1.82, 2.24) is 9.55 Å². The van der Waals surface area contributed by atoms with Crippen molar-refractivity contribution in [2.75, 3.05) is 0 Å². The predicted octanol–water partition coefficient (Wildman–Crippen LogP) is 18.5. The number of rotatable bonds is 8. The molecule has 0 amide bonds. The van der Waals surface area contributed by atoms with Gasteiger partial charge in [-0.1, -0.05) is 206 Å². The van der Waals surface area contributed by atoms with Crippen molar-refractivity contribution in [3.63, 3.8) is 0 Å². The predicted molar refractivity (Wildman–Crippen MR) is 308 cm³/mol. The SMILES string of the molecule is C1=CC=CC(/C=C(/c2cc(/C(=C\c3ccccn3)c3ccc4ccccc4c3)c3oc4cccc(-c5ccc6c7ccccc7n(-c7cccc8ccccc78)c6c5)c4c3c2)c2cccc3ccccc23)C=C1. The molecule has 0 saturated carbocycles. The minimum absolute atomic E-state index is 0.0454. The first kappa shape index (κ1) is 42.3. The Kier molecular flexibility index (Phi) is 10.3. The summed E-state index contributed by atoms with van der Waals surface area (Å²) in [6, 6.07) is 79.2. The molecule has 0 bridgehead atoms. The van der Waals surface area contributed by atoms with Crippen LogP contribution in [0.3, 0.4) is 0 Å². The highest BCUT2D eigenvalue weighted by Gasteiger charge is 2.24. The van der Waals surface area contributed by atoms with Crippen LogP contribution in [0.5, 0.6) is 0 Å². The minimum Gasteiger partial charge on any atom is -0.455 e. The molecular weight excluding hydrogens is 885 g/mol. The first-order valence-electron chi connectivity index (χ1n) is 25.1. The molecule has 1 aliphatic rings. The van der Waals surface area contributed by atoms with Gasteiger partial charge in [0, 0.05) is 44.6 Å². The van der Waals surface area contributed by atoms with Gasteiger partial charge in [0.1, 0.15) is 11.2 Å². The molecule has 3 aromatic heterocycles. The third-order valence-electron chi connectivity index (χ3n) is 14.7. The molecule has 342 valence electrons. The van der Waals surface area contributed by atoms with Gasteiger partial charge in [0.2, 0.25) is 0 Å². The summed E-state index contributed by atoms with van der Waals surface area (Å²) in [4.78, 5) is 4.88. The van der Waals surface area contributed by atoms with E-state index < -0.39 is 0 Å². The second-order valence-corrected chi connectivity index (χ2v) is 19.0. The smallest absolute Gasteiger partial charge is 0.143 e. The number of aromatic nitrogens is 2. The van der Waals surface area contributed by atoms with E-state index in [1.165, 1.54) is 54.2 Å². The zero-order chi connectivity index (χ0) is 48.2. The average Bonchev–Trinajstić information content (AvgIpc) is 3.87. The molecule has 0 saturated heterocycles. The molecule has 0 fully saturated rings. The minimum atomic E-state index is 0.0454. The summed E-state index contributed by atoms with van der Waals surface area (Å²) in [6.45, 7) is 0. The van der Waals surface area contributed by atoms with Crippen molar-refractivity contribution < 1.29 is 4.42 Å². The van der Waals surface area contributed by atoms with Crippen LogP contribution in [0.2, 0.25) is 0 Å². The number of pyridine rings is 1. The van der Waals surface area contributed by atoms with E-state index in [-0.39, 0.29) is 5.92 Å². The summed E-state index contributed by atoms with van der Waals surface area (Å²) in [7, 11) is 0. The summed E-state index contributed by atoms with van der Waals surface area (Å²) in [6.07, 6.45) is 19.5. The Hall–Kier alpha value is -9.57. The largest absolute Gasteiger partial charge is 0.455 e. The van der Waals surface area contributed by atoms with Crippen LogP contribution >= 0.6 is 0 Å². The maximum Gasteiger partial charge on any atom is 0.143 e. The van der Waals surface area contributed by atoms with Crippen molar-refractivity contribution in [3.05, 3.63) is 295 Å². The number of hydrogen-bond acceptors (Lipinski definition) is 2. The van der Waals surface area contributed by atoms with Gasteiger partial charge in [-0.3, -0.25) is 4.98 Å². The van der Waals surface area contributed by atoms with Crippen molar-refractivity contribution in [3.8, 4) is 16.8 Å². The fraction of sp³-hybridized carbons (Fsp3) is 0.0143. The lowest BCUT2D eigenvalue weighted by atomic mass is 9.86. The maximum absolute atomic E-state index is 7.31. The van der Waals surface area contributed by atoms with Crippen LogP contribution in [0.25, 0.3) is 110 Å². The molecule has 10 aromatic carbocycles. The molecule has 1 aliphatic carbocycles. The van der Waals surface area contributed by atoms with Crippen molar-refractivity contribution in [2.24, 2.45) is 5.92 Å². The molecule has 0 atom stereocenters. The normalized spacial score (nSPS) is 13.4. The maximum atomic E-state index is 7.31. The summed E-state index contributed by atoms with van der Waals surface area (Å²) >= 11 is 0. The van der Waals surface area contributed by atoms with E-state index in [1.54, 1.807) is 0 Å². The van der Waals surface area contributed by atoms with Gasteiger partial charge in [0.25, 0.3) is 0 Å². The van der Waals surface area contributed by atoms with Gasteiger partial charge in [-0.25, -0.2) is 0 Å². The number of hydrogen-bond donors (Lipinski definition) is 0. The second kappa shape index (κ2) is 17.7. The van der Waals surface area contributed by atoms with Crippen LogP contribution in [0.1, 0.15) is 27.9 Å². The first-order chi connectivity index (χ1) is 36.2.